The molecule has 2 rings (SSSR count). The number of ether oxygens (including phenoxy) is 1. The molecule has 4 nitrogen and oxygen atoms in total. The Balaban J connectivity index is 1.94. The maximum absolute atomic E-state index is 12.3. The molecular formula is C16H24N2O2. The zero-order valence-electron chi connectivity index (χ0n) is 12.3. The predicted octanol–water partition coefficient (Wildman–Crippen LogP) is 2.18. The van der Waals surface area contributed by atoms with Gasteiger partial charge in [0.05, 0.1) is 13.0 Å². The maximum Gasteiger partial charge on any atom is 0.227 e. The molecule has 0 aromatic heterocycles. The van der Waals surface area contributed by atoms with Gasteiger partial charge in [-0.05, 0) is 50.3 Å². The van der Waals surface area contributed by atoms with Gasteiger partial charge in [0.25, 0.3) is 0 Å². The molecule has 1 aliphatic carbocycles. The first-order valence-electron chi connectivity index (χ1n) is 7.30. The number of benzene rings is 1. The van der Waals surface area contributed by atoms with E-state index >= 15 is 0 Å². The molecule has 1 unspecified atom stereocenters. The number of carbonyl (C=O) groups excluding carboxylic acids is 1. The van der Waals surface area contributed by atoms with Crippen molar-refractivity contribution in [2.24, 2.45) is 5.73 Å². The van der Waals surface area contributed by atoms with Crippen LogP contribution in [0.1, 0.15) is 44.1 Å². The second kappa shape index (κ2) is 6.75. The highest BCUT2D eigenvalue weighted by atomic mass is 16.5. The molecule has 0 aliphatic heterocycles. The lowest BCUT2D eigenvalue weighted by Gasteiger charge is -2.28. The molecule has 0 radical (unpaired) electrons. The second-order valence-corrected chi connectivity index (χ2v) is 5.62. The van der Waals surface area contributed by atoms with E-state index in [0.717, 1.165) is 37.0 Å². The van der Waals surface area contributed by atoms with Gasteiger partial charge in [0.2, 0.25) is 5.91 Å². The Morgan fingerprint density at radius 3 is 2.70 bits per heavy atom. The van der Waals surface area contributed by atoms with Crippen molar-refractivity contribution in [1.29, 1.82) is 0 Å². The number of methoxy groups -OCH3 is 1. The monoisotopic (exact) mass is 276 g/mol. The minimum atomic E-state index is -0.166. The quantitative estimate of drug-likeness (QED) is 0.886. The molecular weight excluding hydrogens is 252 g/mol. The van der Waals surface area contributed by atoms with Gasteiger partial charge in [-0.2, -0.15) is 0 Å². The Hall–Kier alpha value is -1.55. The van der Waals surface area contributed by atoms with Gasteiger partial charge in [-0.3, -0.25) is 4.79 Å². The van der Waals surface area contributed by atoms with E-state index in [2.05, 4.69) is 5.32 Å². The van der Waals surface area contributed by atoms with Crippen LogP contribution in [0.25, 0.3) is 0 Å². The third-order valence-corrected chi connectivity index (χ3v) is 4.11. The van der Waals surface area contributed by atoms with E-state index in [9.17, 15) is 4.79 Å². The number of hydrogen-bond acceptors (Lipinski definition) is 3. The fraction of sp³-hybridized carbons (Fsp3) is 0.562. The highest BCUT2D eigenvalue weighted by Crippen LogP contribution is 2.22. The minimum absolute atomic E-state index is 0.0822. The van der Waals surface area contributed by atoms with Gasteiger partial charge in [-0.1, -0.05) is 12.1 Å². The van der Waals surface area contributed by atoms with Crippen molar-refractivity contribution in [2.45, 2.75) is 50.6 Å². The zero-order chi connectivity index (χ0) is 14.5. The van der Waals surface area contributed by atoms with Crippen molar-refractivity contribution in [2.75, 3.05) is 7.11 Å². The first-order valence-corrected chi connectivity index (χ1v) is 7.30. The van der Waals surface area contributed by atoms with Gasteiger partial charge in [0.15, 0.2) is 0 Å². The molecule has 20 heavy (non-hydrogen) atoms. The minimum Gasteiger partial charge on any atom is -0.497 e. The molecule has 1 aromatic rings. The van der Waals surface area contributed by atoms with Crippen LogP contribution in [0.4, 0.5) is 0 Å². The van der Waals surface area contributed by atoms with Crippen LogP contribution in [0.15, 0.2) is 24.3 Å². The largest absolute Gasteiger partial charge is 0.497 e. The predicted molar refractivity (Wildman–Crippen MR) is 79.8 cm³/mol. The molecule has 0 saturated heterocycles. The molecule has 1 atom stereocenters. The number of rotatable bonds is 4. The van der Waals surface area contributed by atoms with Gasteiger partial charge >= 0.3 is 0 Å². The highest BCUT2D eigenvalue weighted by molar-refractivity contribution is 5.83. The van der Waals surface area contributed by atoms with Crippen LogP contribution >= 0.6 is 0 Å². The smallest absolute Gasteiger partial charge is 0.227 e. The van der Waals surface area contributed by atoms with Crippen LogP contribution in [-0.2, 0) is 4.79 Å². The van der Waals surface area contributed by atoms with Gasteiger partial charge < -0.3 is 15.8 Å². The van der Waals surface area contributed by atoms with E-state index in [0.29, 0.717) is 6.04 Å². The first-order chi connectivity index (χ1) is 9.60. The lowest BCUT2D eigenvalue weighted by Crippen LogP contribution is -2.42. The molecule has 0 heterocycles. The Kier molecular flexibility index (Phi) is 5.01. The first kappa shape index (κ1) is 14.9. The molecule has 3 N–H and O–H groups in total. The molecule has 4 heteroatoms. The normalized spacial score (nSPS) is 23.9. The van der Waals surface area contributed by atoms with E-state index in [-0.39, 0.29) is 17.9 Å². The van der Waals surface area contributed by atoms with E-state index in [1.807, 2.05) is 31.2 Å². The van der Waals surface area contributed by atoms with E-state index < -0.39 is 0 Å². The summed E-state index contributed by atoms with van der Waals surface area (Å²) in [7, 11) is 1.63. The third-order valence-electron chi connectivity index (χ3n) is 4.11. The summed E-state index contributed by atoms with van der Waals surface area (Å²) in [6, 6.07) is 8.26. The van der Waals surface area contributed by atoms with Crippen molar-refractivity contribution in [1.82, 2.24) is 5.32 Å². The SMILES string of the molecule is COc1cccc(C(C)C(=O)NC2CCC(N)CC2)c1. The summed E-state index contributed by atoms with van der Waals surface area (Å²) < 4.78 is 5.20. The van der Waals surface area contributed by atoms with E-state index in [4.69, 9.17) is 10.5 Å². The van der Waals surface area contributed by atoms with Gasteiger partial charge in [0.1, 0.15) is 5.75 Å². The summed E-state index contributed by atoms with van der Waals surface area (Å²) in [5.41, 5.74) is 6.86. The number of carbonyl (C=O) groups is 1. The summed E-state index contributed by atoms with van der Waals surface area (Å²) >= 11 is 0. The molecule has 1 aliphatic rings. The third kappa shape index (κ3) is 3.73. The number of amides is 1. The Bertz CT molecular complexity index is 454. The highest BCUT2D eigenvalue weighted by Gasteiger charge is 2.23. The fourth-order valence-electron chi connectivity index (χ4n) is 2.65. The summed E-state index contributed by atoms with van der Waals surface area (Å²) in [5, 5.41) is 3.14. The summed E-state index contributed by atoms with van der Waals surface area (Å²) in [4.78, 5) is 12.3. The average molecular weight is 276 g/mol. The van der Waals surface area contributed by atoms with Crippen molar-refractivity contribution in [3.05, 3.63) is 29.8 Å². The average Bonchev–Trinajstić information content (AvgIpc) is 2.48. The van der Waals surface area contributed by atoms with E-state index in [1.165, 1.54) is 0 Å². The molecule has 1 fully saturated rings. The Morgan fingerprint density at radius 1 is 1.35 bits per heavy atom. The standard InChI is InChI=1S/C16H24N2O2/c1-11(12-4-3-5-15(10-12)20-2)16(19)18-14-8-6-13(17)7-9-14/h3-5,10-11,13-14H,6-9,17H2,1-2H3,(H,18,19). The van der Waals surface area contributed by atoms with Crippen LogP contribution in [0.3, 0.4) is 0 Å². The van der Waals surface area contributed by atoms with Crippen molar-refractivity contribution < 1.29 is 9.53 Å². The van der Waals surface area contributed by atoms with E-state index in [1.54, 1.807) is 7.11 Å². The number of hydrogen-bond donors (Lipinski definition) is 2. The Labute approximate surface area is 120 Å². The van der Waals surface area contributed by atoms with Crippen molar-refractivity contribution in [3.63, 3.8) is 0 Å². The van der Waals surface area contributed by atoms with Crippen molar-refractivity contribution in [3.8, 4) is 5.75 Å². The second-order valence-electron chi connectivity index (χ2n) is 5.62. The van der Waals surface area contributed by atoms with Crippen LogP contribution < -0.4 is 15.8 Å². The van der Waals surface area contributed by atoms with Crippen LogP contribution in [0, 0.1) is 0 Å². The molecule has 1 aromatic carbocycles. The summed E-state index contributed by atoms with van der Waals surface area (Å²) in [5.74, 6) is 0.699. The topological polar surface area (TPSA) is 64.3 Å². The summed E-state index contributed by atoms with van der Waals surface area (Å²) in [6.45, 7) is 1.93. The Morgan fingerprint density at radius 2 is 2.05 bits per heavy atom. The molecule has 0 bridgehead atoms. The maximum atomic E-state index is 12.3. The molecule has 1 amide bonds. The molecule has 110 valence electrons. The lowest BCUT2D eigenvalue weighted by molar-refractivity contribution is -0.123. The summed E-state index contributed by atoms with van der Waals surface area (Å²) in [6.07, 6.45) is 3.96. The van der Waals surface area contributed by atoms with Crippen LogP contribution in [0.5, 0.6) is 5.75 Å². The lowest BCUT2D eigenvalue weighted by atomic mass is 9.91. The molecule has 1 saturated carbocycles. The van der Waals surface area contributed by atoms with Crippen LogP contribution in [-0.4, -0.2) is 25.1 Å². The van der Waals surface area contributed by atoms with Gasteiger partial charge in [-0.15, -0.1) is 0 Å². The van der Waals surface area contributed by atoms with Crippen LogP contribution in [0.2, 0.25) is 0 Å². The van der Waals surface area contributed by atoms with Crippen molar-refractivity contribution >= 4 is 5.91 Å². The number of nitrogens with two attached hydrogens (primary N) is 1. The zero-order valence-corrected chi connectivity index (χ0v) is 12.3. The molecule has 0 spiro atoms. The fourth-order valence-corrected chi connectivity index (χ4v) is 2.65. The van der Waals surface area contributed by atoms with Gasteiger partial charge in [0, 0.05) is 12.1 Å². The van der Waals surface area contributed by atoms with Gasteiger partial charge in [-0.25, -0.2) is 0 Å². The number of nitrogens with one attached hydrogen (secondary N) is 1.